The predicted octanol–water partition coefficient (Wildman–Crippen LogP) is 0.302. The van der Waals surface area contributed by atoms with Crippen LogP contribution in [0.25, 0.3) is 11.4 Å². The normalized spacial score (nSPS) is 14.9. The Morgan fingerprint density at radius 3 is 2.23 bits per heavy atom. The van der Waals surface area contributed by atoms with Gasteiger partial charge in [0.2, 0.25) is 5.82 Å². The lowest BCUT2D eigenvalue weighted by atomic mass is 10.1. The lowest BCUT2D eigenvalue weighted by Gasteiger charge is -2.33. The van der Waals surface area contributed by atoms with E-state index in [1.807, 2.05) is 0 Å². The second-order valence-corrected chi connectivity index (χ2v) is 4.87. The molecule has 1 aromatic carbocycles. The van der Waals surface area contributed by atoms with Crippen LogP contribution < -0.4 is 0 Å². The quantitative estimate of drug-likeness (QED) is 0.824. The summed E-state index contributed by atoms with van der Waals surface area (Å²) < 4.78 is 0. The van der Waals surface area contributed by atoms with Crippen LogP contribution in [0.2, 0.25) is 0 Å². The fourth-order valence-corrected chi connectivity index (χ4v) is 2.33. The van der Waals surface area contributed by atoms with Gasteiger partial charge in [-0.05, 0) is 17.3 Å². The average Bonchev–Trinajstić information content (AvgIpc) is 3.09. The van der Waals surface area contributed by atoms with E-state index in [0.717, 1.165) is 5.56 Å². The van der Waals surface area contributed by atoms with Crippen LogP contribution in [0.15, 0.2) is 24.3 Å². The third kappa shape index (κ3) is 2.73. The number of amides is 2. The van der Waals surface area contributed by atoms with E-state index in [1.165, 1.54) is 4.90 Å². The van der Waals surface area contributed by atoms with Gasteiger partial charge in [-0.1, -0.05) is 12.1 Å². The highest BCUT2D eigenvalue weighted by molar-refractivity contribution is 5.94. The van der Waals surface area contributed by atoms with Crippen LogP contribution in [0.5, 0.6) is 0 Å². The smallest absolute Gasteiger partial charge is 0.407 e. The van der Waals surface area contributed by atoms with Crippen LogP contribution in [-0.4, -0.2) is 73.7 Å². The monoisotopic (exact) mass is 302 g/mol. The van der Waals surface area contributed by atoms with Crippen LogP contribution in [0, 0.1) is 0 Å². The van der Waals surface area contributed by atoms with Crippen molar-refractivity contribution in [1.82, 2.24) is 30.4 Å². The van der Waals surface area contributed by atoms with E-state index in [2.05, 4.69) is 20.6 Å². The molecule has 0 saturated carbocycles. The number of carbonyl (C=O) groups is 2. The Hall–Kier alpha value is -2.97. The van der Waals surface area contributed by atoms with E-state index in [-0.39, 0.29) is 5.91 Å². The van der Waals surface area contributed by atoms with Gasteiger partial charge in [0.1, 0.15) is 0 Å². The third-order valence-corrected chi connectivity index (χ3v) is 3.57. The van der Waals surface area contributed by atoms with E-state index >= 15 is 0 Å². The van der Waals surface area contributed by atoms with Crippen LogP contribution in [0.4, 0.5) is 4.79 Å². The molecule has 2 aromatic rings. The highest BCUT2D eigenvalue weighted by Crippen LogP contribution is 2.16. The van der Waals surface area contributed by atoms with Crippen LogP contribution in [0.3, 0.4) is 0 Å². The van der Waals surface area contributed by atoms with Gasteiger partial charge in [-0.3, -0.25) is 4.79 Å². The number of aromatic nitrogens is 4. The first-order chi connectivity index (χ1) is 10.6. The summed E-state index contributed by atoms with van der Waals surface area (Å²) in [5.74, 6) is 0.360. The lowest BCUT2D eigenvalue weighted by Crippen LogP contribution is -2.50. The summed E-state index contributed by atoms with van der Waals surface area (Å²) in [6.07, 6.45) is -0.948. The summed E-state index contributed by atoms with van der Waals surface area (Å²) >= 11 is 0. The molecule has 0 atom stereocenters. The van der Waals surface area contributed by atoms with Gasteiger partial charge in [0, 0.05) is 37.3 Å². The number of hydrogen-bond acceptors (Lipinski definition) is 5. The number of tetrazole rings is 1. The van der Waals surface area contributed by atoms with Crippen molar-refractivity contribution in [3.63, 3.8) is 0 Å². The first-order valence-electron chi connectivity index (χ1n) is 6.76. The Labute approximate surface area is 125 Å². The van der Waals surface area contributed by atoms with E-state index in [0.29, 0.717) is 37.6 Å². The Morgan fingerprint density at radius 2 is 1.68 bits per heavy atom. The van der Waals surface area contributed by atoms with Crippen molar-refractivity contribution in [1.29, 1.82) is 0 Å². The van der Waals surface area contributed by atoms with Crippen molar-refractivity contribution < 1.29 is 14.7 Å². The number of nitrogens with zero attached hydrogens (tertiary/aromatic N) is 5. The summed E-state index contributed by atoms with van der Waals surface area (Å²) in [7, 11) is 0. The van der Waals surface area contributed by atoms with Gasteiger partial charge in [0.15, 0.2) is 0 Å². The molecule has 1 saturated heterocycles. The fourth-order valence-electron chi connectivity index (χ4n) is 2.33. The topological polar surface area (TPSA) is 115 Å². The predicted molar refractivity (Wildman–Crippen MR) is 75.1 cm³/mol. The number of hydrogen-bond donors (Lipinski definition) is 2. The van der Waals surface area contributed by atoms with Gasteiger partial charge in [-0.15, -0.1) is 10.2 Å². The van der Waals surface area contributed by atoms with Crippen molar-refractivity contribution in [2.24, 2.45) is 0 Å². The molecule has 0 bridgehead atoms. The van der Waals surface area contributed by atoms with Gasteiger partial charge in [0.05, 0.1) is 0 Å². The molecule has 1 aromatic heterocycles. The molecular weight excluding hydrogens is 288 g/mol. The van der Waals surface area contributed by atoms with Gasteiger partial charge < -0.3 is 14.9 Å². The molecule has 2 N–H and O–H groups in total. The first-order valence-corrected chi connectivity index (χ1v) is 6.76. The molecule has 0 unspecified atom stereocenters. The number of aromatic amines is 1. The zero-order valence-electron chi connectivity index (χ0n) is 11.6. The summed E-state index contributed by atoms with van der Waals surface area (Å²) in [5, 5.41) is 22.5. The molecule has 2 heterocycles. The SMILES string of the molecule is O=C(O)N1CCN(C(=O)c2ccc(-c3nn[nH]n3)cc2)CC1. The highest BCUT2D eigenvalue weighted by atomic mass is 16.4. The van der Waals surface area contributed by atoms with Crippen molar-refractivity contribution in [3.8, 4) is 11.4 Å². The highest BCUT2D eigenvalue weighted by Gasteiger charge is 2.24. The summed E-state index contributed by atoms with van der Waals surface area (Å²) in [4.78, 5) is 26.2. The summed E-state index contributed by atoms with van der Waals surface area (Å²) in [6, 6.07) is 6.92. The Balaban J connectivity index is 1.67. The second kappa shape index (κ2) is 5.80. The standard InChI is InChI=1S/C13H14N6O3/c20-12(18-5-7-19(8-6-18)13(21)22)10-3-1-9(2-4-10)11-14-16-17-15-11/h1-4H,5-8H2,(H,21,22)(H,14,15,16,17). The Morgan fingerprint density at radius 1 is 1.05 bits per heavy atom. The number of piperazine rings is 1. The van der Waals surface area contributed by atoms with Crippen LogP contribution >= 0.6 is 0 Å². The van der Waals surface area contributed by atoms with Crippen LogP contribution in [0.1, 0.15) is 10.4 Å². The van der Waals surface area contributed by atoms with E-state index in [1.54, 1.807) is 29.2 Å². The molecule has 0 radical (unpaired) electrons. The fraction of sp³-hybridized carbons (Fsp3) is 0.308. The van der Waals surface area contributed by atoms with Gasteiger partial charge >= 0.3 is 6.09 Å². The van der Waals surface area contributed by atoms with Gasteiger partial charge in [0.25, 0.3) is 5.91 Å². The number of nitrogens with one attached hydrogen (secondary N) is 1. The molecule has 114 valence electrons. The molecular formula is C13H14N6O3. The number of rotatable bonds is 2. The third-order valence-electron chi connectivity index (χ3n) is 3.57. The number of benzene rings is 1. The molecule has 0 aliphatic carbocycles. The molecule has 1 fully saturated rings. The van der Waals surface area contributed by atoms with Gasteiger partial charge in [-0.2, -0.15) is 5.21 Å². The summed E-state index contributed by atoms with van der Waals surface area (Å²) in [6.45, 7) is 1.47. The maximum absolute atomic E-state index is 12.4. The zero-order chi connectivity index (χ0) is 15.5. The van der Waals surface area contributed by atoms with Crippen molar-refractivity contribution >= 4 is 12.0 Å². The largest absolute Gasteiger partial charge is 0.465 e. The number of H-pyrrole nitrogens is 1. The summed E-state index contributed by atoms with van der Waals surface area (Å²) in [5.41, 5.74) is 1.32. The van der Waals surface area contributed by atoms with Crippen LogP contribution in [-0.2, 0) is 0 Å². The minimum Gasteiger partial charge on any atom is -0.465 e. The molecule has 2 amide bonds. The van der Waals surface area contributed by atoms with Gasteiger partial charge in [-0.25, -0.2) is 4.79 Å². The van der Waals surface area contributed by atoms with Crippen molar-refractivity contribution in [2.75, 3.05) is 26.2 Å². The molecule has 22 heavy (non-hydrogen) atoms. The lowest BCUT2D eigenvalue weighted by molar-refractivity contribution is 0.0625. The molecule has 0 spiro atoms. The first kappa shape index (κ1) is 14.0. The number of carbonyl (C=O) groups excluding carboxylic acids is 1. The minimum absolute atomic E-state index is 0.107. The second-order valence-electron chi connectivity index (χ2n) is 4.87. The molecule has 3 rings (SSSR count). The van der Waals surface area contributed by atoms with Crippen molar-refractivity contribution in [3.05, 3.63) is 29.8 Å². The maximum Gasteiger partial charge on any atom is 0.407 e. The molecule has 9 nitrogen and oxygen atoms in total. The minimum atomic E-state index is -0.948. The Bertz CT molecular complexity index is 662. The van der Waals surface area contributed by atoms with E-state index in [4.69, 9.17) is 5.11 Å². The maximum atomic E-state index is 12.4. The average molecular weight is 302 g/mol. The molecule has 1 aliphatic rings. The molecule has 9 heteroatoms. The Kier molecular flexibility index (Phi) is 3.69. The van der Waals surface area contributed by atoms with Crippen molar-refractivity contribution in [2.45, 2.75) is 0 Å². The zero-order valence-corrected chi connectivity index (χ0v) is 11.6. The van der Waals surface area contributed by atoms with E-state index < -0.39 is 6.09 Å². The molecule has 1 aliphatic heterocycles. The number of carboxylic acid groups (broad SMARTS) is 1. The van der Waals surface area contributed by atoms with E-state index in [9.17, 15) is 9.59 Å².